The lowest BCUT2D eigenvalue weighted by atomic mass is 9.77. The van der Waals surface area contributed by atoms with Crippen LogP contribution in [0.2, 0.25) is 0 Å². The molecule has 3 rings (SSSR count). The summed E-state index contributed by atoms with van der Waals surface area (Å²) in [5.74, 6) is 0.928. The predicted octanol–water partition coefficient (Wildman–Crippen LogP) is 3.65. The zero-order chi connectivity index (χ0) is 13.9. The first-order valence-electron chi connectivity index (χ1n) is 8.32. The zero-order valence-electron chi connectivity index (χ0n) is 12.7. The van der Waals surface area contributed by atoms with E-state index in [1.807, 2.05) is 0 Å². The molecule has 2 N–H and O–H groups in total. The molecule has 0 spiro atoms. The molecule has 3 atom stereocenters. The summed E-state index contributed by atoms with van der Waals surface area (Å²) < 4.78 is 0. The minimum atomic E-state index is 0.418. The molecule has 110 valence electrons. The first-order chi connectivity index (χ1) is 9.79. The summed E-state index contributed by atoms with van der Waals surface area (Å²) in [6, 6.07) is 10.2. The lowest BCUT2D eigenvalue weighted by Gasteiger charge is -2.47. The highest BCUT2D eigenvalue weighted by Crippen LogP contribution is 2.39. The number of hydrogen-bond acceptors (Lipinski definition) is 2. The summed E-state index contributed by atoms with van der Waals surface area (Å²) in [5, 5.41) is 0. The fourth-order valence-electron chi connectivity index (χ4n) is 4.30. The van der Waals surface area contributed by atoms with E-state index in [-0.39, 0.29) is 0 Å². The van der Waals surface area contributed by atoms with Crippen molar-refractivity contribution in [3.63, 3.8) is 0 Å². The standard InChI is InChI=1S/C18H28N2/c1-14-8-10-16(11-9-14)18(13-19)20-12-4-6-15-5-2-3-7-17(15)20/h8-11,15,17-18H,2-7,12-13,19H2,1H3/t15-,17-,18?/m1/s1. The molecule has 1 unspecified atom stereocenters. The van der Waals surface area contributed by atoms with Gasteiger partial charge in [-0.15, -0.1) is 0 Å². The van der Waals surface area contributed by atoms with Crippen molar-refractivity contribution in [2.75, 3.05) is 13.1 Å². The van der Waals surface area contributed by atoms with Crippen LogP contribution in [0.3, 0.4) is 0 Å². The number of piperidine rings is 1. The van der Waals surface area contributed by atoms with E-state index in [1.165, 1.54) is 56.2 Å². The Bertz CT molecular complexity index is 424. The maximum Gasteiger partial charge on any atom is 0.0473 e. The van der Waals surface area contributed by atoms with Crippen molar-refractivity contribution >= 4 is 0 Å². The average Bonchev–Trinajstić information content (AvgIpc) is 2.50. The molecule has 20 heavy (non-hydrogen) atoms. The number of hydrogen-bond donors (Lipinski definition) is 1. The van der Waals surface area contributed by atoms with Gasteiger partial charge >= 0.3 is 0 Å². The number of nitrogens with two attached hydrogens (primary N) is 1. The normalized spacial score (nSPS) is 28.9. The molecule has 1 aliphatic carbocycles. The van der Waals surface area contributed by atoms with Gasteiger partial charge in [-0.3, -0.25) is 4.90 Å². The first kappa shape index (κ1) is 14.1. The Labute approximate surface area is 123 Å². The second kappa shape index (κ2) is 6.28. The highest BCUT2D eigenvalue weighted by Gasteiger charge is 2.36. The van der Waals surface area contributed by atoms with Gasteiger partial charge in [0.05, 0.1) is 0 Å². The van der Waals surface area contributed by atoms with Gasteiger partial charge in [0.1, 0.15) is 0 Å². The summed E-state index contributed by atoms with van der Waals surface area (Å²) >= 11 is 0. The Hall–Kier alpha value is -0.860. The topological polar surface area (TPSA) is 29.3 Å². The molecule has 2 heteroatoms. The molecule has 1 saturated carbocycles. The van der Waals surface area contributed by atoms with Crippen LogP contribution < -0.4 is 5.73 Å². The summed E-state index contributed by atoms with van der Waals surface area (Å²) in [5.41, 5.74) is 8.89. The van der Waals surface area contributed by atoms with Crippen LogP contribution in [-0.2, 0) is 0 Å². The van der Waals surface area contributed by atoms with Crippen molar-refractivity contribution in [3.8, 4) is 0 Å². The van der Waals surface area contributed by atoms with Crippen molar-refractivity contribution in [2.24, 2.45) is 11.7 Å². The molecular formula is C18H28N2. The molecule has 1 saturated heterocycles. The molecule has 0 aromatic heterocycles. The highest BCUT2D eigenvalue weighted by atomic mass is 15.2. The van der Waals surface area contributed by atoms with E-state index in [0.29, 0.717) is 6.04 Å². The molecule has 1 aromatic rings. The molecule has 0 amide bonds. The summed E-state index contributed by atoms with van der Waals surface area (Å²) in [4.78, 5) is 2.73. The van der Waals surface area contributed by atoms with Crippen LogP contribution in [0, 0.1) is 12.8 Å². The van der Waals surface area contributed by atoms with E-state index in [2.05, 4.69) is 36.1 Å². The smallest absolute Gasteiger partial charge is 0.0473 e. The second-order valence-electron chi connectivity index (χ2n) is 6.65. The van der Waals surface area contributed by atoms with Crippen molar-refractivity contribution in [2.45, 2.75) is 57.5 Å². The molecule has 0 bridgehead atoms. The van der Waals surface area contributed by atoms with Gasteiger partial charge in [-0.2, -0.15) is 0 Å². The van der Waals surface area contributed by atoms with Crippen molar-refractivity contribution in [1.82, 2.24) is 4.90 Å². The Morgan fingerprint density at radius 2 is 1.80 bits per heavy atom. The van der Waals surface area contributed by atoms with Gasteiger partial charge in [0.15, 0.2) is 0 Å². The van der Waals surface area contributed by atoms with Crippen LogP contribution in [-0.4, -0.2) is 24.0 Å². The lowest BCUT2D eigenvalue weighted by Crippen LogP contribution is -2.49. The fraction of sp³-hybridized carbons (Fsp3) is 0.667. The third-order valence-corrected chi connectivity index (χ3v) is 5.37. The monoisotopic (exact) mass is 272 g/mol. The van der Waals surface area contributed by atoms with Gasteiger partial charge in [0.25, 0.3) is 0 Å². The van der Waals surface area contributed by atoms with E-state index in [4.69, 9.17) is 5.73 Å². The molecule has 0 radical (unpaired) electrons. The van der Waals surface area contributed by atoms with E-state index in [0.717, 1.165) is 18.5 Å². The van der Waals surface area contributed by atoms with Gasteiger partial charge in [-0.1, -0.05) is 42.7 Å². The zero-order valence-corrected chi connectivity index (χ0v) is 12.7. The number of rotatable bonds is 3. The second-order valence-corrected chi connectivity index (χ2v) is 6.65. The third kappa shape index (κ3) is 2.77. The van der Waals surface area contributed by atoms with Crippen molar-refractivity contribution < 1.29 is 0 Å². The summed E-state index contributed by atoms with van der Waals surface area (Å²) in [7, 11) is 0. The van der Waals surface area contributed by atoms with Crippen LogP contribution in [0.5, 0.6) is 0 Å². The predicted molar refractivity (Wildman–Crippen MR) is 84.7 cm³/mol. The Morgan fingerprint density at radius 3 is 2.55 bits per heavy atom. The van der Waals surface area contributed by atoms with E-state index in [9.17, 15) is 0 Å². The Balaban J connectivity index is 1.82. The van der Waals surface area contributed by atoms with Crippen LogP contribution in [0.1, 0.15) is 55.7 Å². The van der Waals surface area contributed by atoms with Crippen LogP contribution in [0.25, 0.3) is 0 Å². The number of aryl methyl sites for hydroxylation is 1. The Kier molecular flexibility index (Phi) is 4.42. The van der Waals surface area contributed by atoms with Gasteiger partial charge < -0.3 is 5.73 Å². The molecular weight excluding hydrogens is 244 g/mol. The quantitative estimate of drug-likeness (QED) is 0.910. The Morgan fingerprint density at radius 1 is 1.10 bits per heavy atom. The largest absolute Gasteiger partial charge is 0.329 e. The van der Waals surface area contributed by atoms with Crippen LogP contribution in [0.15, 0.2) is 24.3 Å². The minimum absolute atomic E-state index is 0.418. The minimum Gasteiger partial charge on any atom is -0.329 e. The van der Waals surface area contributed by atoms with Crippen molar-refractivity contribution in [1.29, 1.82) is 0 Å². The maximum absolute atomic E-state index is 6.15. The molecule has 1 aliphatic heterocycles. The van der Waals surface area contributed by atoms with E-state index in [1.54, 1.807) is 0 Å². The SMILES string of the molecule is Cc1ccc(C(CN)N2CCC[C@H]3CCCC[C@H]32)cc1. The van der Waals surface area contributed by atoms with Gasteiger partial charge in [-0.05, 0) is 50.6 Å². The van der Waals surface area contributed by atoms with Gasteiger partial charge in [0, 0.05) is 18.6 Å². The van der Waals surface area contributed by atoms with Gasteiger partial charge in [0.2, 0.25) is 0 Å². The summed E-state index contributed by atoms with van der Waals surface area (Å²) in [6.07, 6.45) is 8.45. The molecule has 2 aliphatic rings. The maximum atomic E-state index is 6.15. The van der Waals surface area contributed by atoms with Gasteiger partial charge in [-0.25, -0.2) is 0 Å². The molecule has 2 fully saturated rings. The lowest BCUT2D eigenvalue weighted by molar-refractivity contribution is 0.0276. The number of fused-ring (bicyclic) bond motifs is 1. The van der Waals surface area contributed by atoms with Crippen LogP contribution >= 0.6 is 0 Å². The molecule has 2 nitrogen and oxygen atoms in total. The number of likely N-dealkylation sites (tertiary alicyclic amines) is 1. The molecule has 1 heterocycles. The van der Waals surface area contributed by atoms with E-state index >= 15 is 0 Å². The molecule has 1 aromatic carbocycles. The van der Waals surface area contributed by atoms with Crippen molar-refractivity contribution in [3.05, 3.63) is 35.4 Å². The first-order valence-corrected chi connectivity index (χ1v) is 8.32. The summed E-state index contributed by atoms with van der Waals surface area (Å²) in [6.45, 7) is 4.13. The average molecular weight is 272 g/mol. The highest BCUT2D eigenvalue weighted by molar-refractivity contribution is 5.25. The number of nitrogens with zero attached hydrogens (tertiary/aromatic N) is 1. The van der Waals surface area contributed by atoms with E-state index < -0.39 is 0 Å². The fourth-order valence-corrected chi connectivity index (χ4v) is 4.30. The number of benzene rings is 1. The third-order valence-electron chi connectivity index (χ3n) is 5.37. The van der Waals surface area contributed by atoms with Crippen LogP contribution in [0.4, 0.5) is 0 Å².